The minimum atomic E-state index is -1.24. The van der Waals surface area contributed by atoms with Gasteiger partial charge >= 0.3 is 18.1 Å². The molecule has 0 saturated carbocycles. The number of piperazine rings is 1. The number of urea groups is 1. The molecule has 0 radical (unpaired) electrons. The van der Waals surface area contributed by atoms with Gasteiger partial charge in [0.05, 0.1) is 12.5 Å². The highest BCUT2D eigenvalue weighted by molar-refractivity contribution is 5.93. The SMILES string of the molecule is Cc1ccccc1NC(=O)NCCCC[C@H](NC(=O)[C@H](Cc1c[nH]c2ccccc12)NC(=O)OC(C)(C)C)[C@@H]1CN([C@@H](Cc2ccccc2)C(N)=O)C(=O)[C@H](CC(=O)O)N1. The molecule has 9 N–H and O–H groups in total. The normalized spacial score (nSPS) is 16.9. The third-order valence-corrected chi connectivity index (χ3v) is 10.3. The lowest BCUT2D eigenvalue weighted by molar-refractivity contribution is -0.149. The highest BCUT2D eigenvalue weighted by Crippen LogP contribution is 2.23. The summed E-state index contributed by atoms with van der Waals surface area (Å²) in [6.45, 7) is 7.23. The van der Waals surface area contributed by atoms with Gasteiger partial charge in [-0.25, -0.2) is 9.59 Å². The van der Waals surface area contributed by atoms with Gasteiger partial charge in [-0.2, -0.15) is 0 Å². The number of aromatic nitrogens is 1. The molecule has 16 nitrogen and oxygen atoms in total. The molecular weight excluding hydrogens is 769 g/mol. The van der Waals surface area contributed by atoms with Gasteiger partial charge in [-0.3, -0.25) is 24.5 Å². The fraction of sp³-hybridized carbons (Fsp3) is 0.409. The lowest BCUT2D eigenvalue weighted by atomic mass is 9.93. The fourth-order valence-corrected chi connectivity index (χ4v) is 7.34. The summed E-state index contributed by atoms with van der Waals surface area (Å²) in [6.07, 6.45) is 1.84. The molecule has 16 heteroatoms. The molecule has 1 aromatic heterocycles. The van der Waals surface area contributed by atoms with Gasteiger partial charge in [0.2, 0.25) is 17.7 Å². The Kier molecular flexibility index (Phi) is 15.3. The number of unbranched alkanes of at least 4 members (excludes halogenated alkanes) is 1. The topological polar surface area (TPSA) is 237 Å². The van der Waals surface area contributed by atoms with E-state index in [1.165, 1.54) is 4.90 Å². The number of aliphatic carboxylic acids is 1. The highest BCUT2D eigenvalue weighted by Gasteiger charge is 2.43. The number of aryl methyl sites for hydroxylation is 1. The van der Waals surface area contributed by atoms with Crippen LogP contribution in [-0.2, 0) is 36.8 Å². The molecule has 4 aromatic rings. The first-order valence-electron chi connectivity index (χ1n) is 20.1. The van der Waals surface area contributed by atoms with Crippen molar-refractivity contribution in [3.63, 3.8) is 0 Å². The van der Waals surface area contributed by atoms with Gasteiger partial charge in [-0.15, -0.1) is 0 Å². The van der Waals surface area contributed by atoms with Gasteiger partial charge in [0.25, 0.3) is 0 Å². The van der Waals surface area contributed by atoms with E-state index in [2.05, 4.69) is 31.6 Å². The Hall–Kier alpha value is -6.42. The number of alkyl carbamates (subject to hydrolysis) is 1. The number of aromatic amines is 1. The van der Waals surface area contributed by atoms with Gasteiger partial charge in [0.1, 0.15) is 17.7 Å². The number of nitrogens with two attached hydrogens (primary N) is 1. The fourth-order valence-electron chi connectivity index (χ4n) is 7.34. The van der Waals surface area contributed by atoms with Crippen LogP contribution in [0.25, 0.3) is 10.9 Å². The van der Waals surface area contributed by atoms with Crippen molar-refractivity contribution >= 4 is 52.4 Å². The summed E-state index contributed by atoms with van der Waals surface area (Å²) < 4.78 is 5.54. The number of carbonyl (C=O) groups is 6. The molecule has 60 heavy (non-hydrogen) atoms. The van der Waals surface area contributed by atoms with E-state index >= 15 is 0 Å². The smallest absolute Gasteiger partial charge is 0.408 e. The van der Waals surface area contributed by atoms with E-state index in [4.69, 9.17) is 10.5 Å². The first-order valence-corrected chi connectivity index (χ1v) is 20.1. The number of carbonyl (C=O) groups excluding carboxylic acids is 5. The summed E-state index contributed by atoms with van der Waals surface area (Å²) >= 11 is 0. The summed E-state index contributed by atoms with van der Waals surface area (Å²) in [4.78, 5) is 83.9. The lowest BCUT2D eigenvalue weighted by Gasteiger charge is -2.44. The Morgan fingerprint density at radius 2 is 1.63 bits per heavy atom. The number of rotatable bonds is 18. The molecule has 2 heterocycles. The van der Waals surface area contributed by atoms with Crippen molar-refractivity contribution in [2.24, 2.45) is 5.73 Å². The first-order chi connectivity index (χ1) is 28.6. The number of carboxylic acids is 1. The van der Waals surface area contributed by atoms with E-state index < -0.39 is 72.0 Å². The van der Waals surface area contributed by atoms with E-state index in [-0.39, 0.29) is 25.4 Å². The lowest BCUT2D eigenvalue weighted by Crippen LogP contribution is -2.69. The van der Waals surface area contributed by atoms with Crippen LogP contribution in [0.2, 0.25) is 0 Å². The van der Waals surface area contributed by atoms with Crippen molar-refractivity contribution in [3.8, 4) is 0 Å². The average Bonchev–Trinajstić information content (AvgIpc) is 3.60. The molecule has 1 aliphatic rings. The predicted molar refractivity (Wildman–Crippen MR) is 227 cm³/mol. The predicted octanol–water partition coefficient (Wildman–Crippen LogP) is 4.13. The van der Waals surface area contributed by atoms with Gasteiger partial charge in [-0.05, 0) is 75.8 Å². The number of H-pyrrole nitrogens is 1. The quantitative estimate of drug-likeness (QED) is 0.0673. The molecule has 1 saturated heterocycles. The van der Waals surface area contributed by atoms with Gasteiger partial charge in [0.15, 0.2) is 0 Å². The molecule has 0 aliphatic carbocycles. The van der Waals surface area contributed by atoms with Crippen LogP contribution in [0, 0.1) is 6.92 Å². The minimum Gasteiger partial charge on any atom is -0.481 e. The Morgan fingerprint density at radius 3 is 2.33 bits per heavy atom. The molecule has 0 unspecified atom stereocenters. The largest absolute Gasteiger partial charge is 0.481 e. The van der Waals surface area contributed by atoms with E-state index in [0.29, 0.717) is 31.5 Å². The van der Waals surface area contributed by atoms with E-state index in [1.807, 2.05) is 55.5 Å². The Bertz CT molecular complexity index is 2130. The van der Waals surface area contributed by atoms with E-state index in [1.54, 1.807) is 57.3 Å². The van der Waals surface area contributed by atoms with Crippen LogP contribution < -0.4 is 32.3 Å². The van der Waals surface area contributed by atoms with Crippen LogP contribution in [0.3, 0.4) is 0 Å². The zero-order chi connectivity index (χ0) is 43.4. The summed E-state index contributed by atoms with van der Waals surface area (Å²) in [6, 6.07) is 18.6. The summed E-state index contributed by atoms with van der Waals surface area (Å²) in [5.41, 5.74) is 9.03. The number of benzene rings is 3. The average molecular weight is 825 g/mol. The number of primary amides is 1. The molecule has 3 aromatic carbocycles. The Morgan fingerprint density at radius 1 is 0.933 bits per heavy atom. The molecule has 1 aliphatic heterocycles. The van der Waals surface area contributed by atoms with E-state index in [0.717, 1.165) is 27.6 Å². The van der Waals surface area contributed by atoms with Crippen LogP contribution in [0.1, 0.15) is 63.1 Å². The second-order valence-corrected chi connectivity index (χ2v) is 16.1. The van der Waals surface area contributed by atoms with Crippen LogP contribution in [0.4, 0.5) is 15.3 Å². The second-order valence-electron chi connectivity index (χ2n) is 16.1. The van der Waals surface area contributed by atoms with Crippen molar-refractivity contribution in [3.05, 3.63) is 102 Å². The molecule has 320 valence electrons. The molecule has 5 atom stereocenters. The number of hydrogen-bond donors (Lipinski definition) is 8. The second kappa shape index (κ2) is 20.5. The maximum Gasteiger partial charge on any atom is 0.408 e. The van der Waals surface area contributed by atoms with Crippen LogP contribution in [0.15, 0.2) is 85.1 Å². The van der Waals surface area contributed by atoms with Crippen molar-refractivity contribution in [1.82, 2.24) is 31.2 Å². The van der Waals surface area contributed by atoms with Gasteiger partial charge < -0.3 is 46.7 Å². The summed E-state index contributed by atoms with van der Waals surface area (Å²) in [7, 11) is 0. The molecule has 5 rings (SSSR count). The number of carboxylic acid groups (broad SMARTS) is 1. The molecular formula is C44H56N8O8. The first kappa shape index (κ1) is 44.7. The van der Waals surface area contributed by atoms with Gasteiger partial charge in [0, 0.05) is 60.8 Å². The summed E-state index contributed by atoms with van der Waals surface area (Å²) in [5, 5.41) is 25.4. The standard InChI is InChI=1S/C44H56N8O8/c1-27-14-8-10-18-31(27)50-42(58)46-21-13-12-20-33(36-26-52(41(57)35(48-36)24-38(53)54)37(39(45)55)22-28-15-6-5-7-16-28)49-40(56)34(51-43(59)60-44(2,3)4)23-29-25-47-32-19-11-9-17-30(29)32/h5-11,14-19,25,33-37,47-48H,12-13,20-24,26H2,1-4H3,(H2,45,55)(H,49,56)(H,51,59)(H,53,54)(H2,46,50,58)/t33-,34-,35-,36-,37-/m0/s1. The number of fused-ring (bicyclic) bond motifs is 1. The molecule has 6 amide bonds. The number of hydrogen-bond acceptors (Lipinski definition) is 8. The van der Waals surface area contributed by atoms with Crippen molar-refractivity contribution < 1.29 is 38.6 Å². The zero-order valence-electron chi connectivity index (χ0n) is 34.5. The number of nitrogens with one attached hydrogen (secondary N) is 6. The van der Waals surface area contributed by atoms with Crippen LogP contribution >= 0.6 is 0 Å². The molecule has 0 spiro atoms. The van der Waals surface area contributed by atoms with Crippen LogP contribution in [0.5, 0.6) is 0 Å². The maximum absolute atomic E-state index is 14.5. The van der Waals surface area contributed by atoms with Gasteiger partial charge in [-0.1, -0.05) is 66.7 Å². The van der Waals surface area contributed by atoms with Crippen molar-refractivity contribution in [2.45, 2.75) is 102 Å². The molecule has 1 fully saturated rings. The van der Waals surface area contributed by atoms with E-state index in [9.17, 15) is 33.9 Å². The summed E-state index contributed by atoms with van der Waals surface area (Å²) in [5.74, 6) is -3.16. The third-order valence-electron chi connectivity index (χ3n) is 10.3. The zero-order valence-corrected chi connectivity index (χ0v) is 34.5. The number of ether oxygens (including phenoxy) is 1. The highest BCUT2D eigenvalue weighted by atomic mass is 16.6. The number of anilines is 1. The Labute approximate surface area is 349 Å². The van der Waals surface area contributed by atoms with Crippen LogP contribution in [-0.4, -0.2) is 99.7 Å². The number of amides is 6. The number of nitrogens with zero attached hydrogens (tertiary/aromatic N) is 1. The monoisotopic (exact) mass is 824 g/mol. The third kappa shape index (κ3) is 12.8. The van der Waals surface area contributed by atoms with Crippen molar-refractivity contribution in [2.75, 3.05) is 18.4 Å². The van der Waals surface area contributed by atoms with Crippen molar-refractivity contribution in [1.29, 1.82) is 0 Å². The Balaban J connectivity index is 1.41. The maximum atomic E-state index is 14.5. The number of para-hydroxylation sites is 2. The molecule has 0 bridgehead atoms. The minimum absolute atomic E-state index is 0.0902.